The van der Waals surface area contributed by atoms with E-state index < -0.39 is 0 Å². The summed E-state index contributed by atoms with van der Waals surface area (Å²) in [5.41, 5.74) is 3.16. The van der Waals surface area contributed by atoms with Crippen molar-refractivity contribution in [2.45, 2.75) is 65.3 Å². The van der Waals surface area contributed by atoms with E-state index in [-0.39, 0.29) is 5.41 Å². The lowest BCUT2D eigenvalue weighted by atomic mass is 9.81. The van der Waals surface area contributed by atoms with Gasteiger partial charge in [-0.05, 0) is 35.9 Å². The zero-order valence-corrected chi connectivity index (χ0v) is 13.6. The molecule has 0 spiro atoms. The largest absolute Gasteiger partial charge is 0.313 e. The zero-order valence-electron chi connectivity index (χ0n) is 13.6. The molecule has 0 saturated carbocycles. The van der Waals surface area contributed by atoms with Crippen molar-refractivity contribution >= 4 is 0 Å². The molecule has 0 aliphatic carbocycles. The number of nitrogens with one attached hydrogen (secondary N) is 1. The second kappa shape index (κ2) is 7.09. The van der Waals surface area contributed by atoms with Crippen molar-refractivity contribution in [2.75, 3.05) is 7.05 Å². The molecule has 0 saturated heterocycles. The molecule has 0 bridgehead atoms. The summed E-state index contributed by atoms with van der Waals surface area (Å²) in [4.78, 5) is 0. The molecule has 0 radical (unpaired) electrons. The van der Waals surface area contributed by atoms with Gasteiger partial charge in [0.05, 0.1) is 0 Å². The quantitative estimate of drug-likeness (QED) is 0.753. The van der Waals surface area contributed by atoms with E-state index in [1.54, 1.807) is 0 Å². The second-order valence-corrected chi connectivity index (χ2v) is 7.00. The number of benzene rings is 1. The van der Waals surface area contributed by atoms with E-state index in [9.17, 15) is 0 Å². The van der Waals surface area contributed by atoms with Crippen LogP contribution >= 0.6 is 0 Å². The van der Waals surface area contributed by atoms with Crippen LogP contribution in [-0.2, 0) is 5.41 Å². The highest BCUT2D eigenvalue weighted by molar-refractivity contribution is 5.35. The molecule has 1 nitrogen and oxygen atoms in total. The molecule has 1 aromatic rings. The fourth-order valence-electron chi connectivity index (χ4n) is 2.67. The Balaban J connectivity index is 2.86. The summed E-state index contributed by atoms with van der Waals surface area (Å²) in [6.07, 6.45) is 3.83. The molecule has 0 fully saturated rings. The van der Waals surface area contributed by atoms with E-state index in [1.807, 2.05) is 0 Å². The van der Waals surface area contributed by atoms with Gasteiger partial charge in [0.15, 0.2) is 0 Å². The van der Waals surface area contributed by atoms with Crippen LogP contribution in [0, 0.1) is 5.92 Å². The normalized spacial score (nSPS) is 13.8. The minimum absolute atomic E-state index is 0.212. The molecule has 0 aromatic heterocycles. The van der Waals surface area contributed by atoms with Crippen molar-refractivity contribution in [3.05, 3.63) is 35.4 Å². The average molecular weight is 261 g/mol. The molecule has 0 amide bonds. The molecule has 108 valence electrons. The third kappa shape index (κ3) is 4.99. The van der Waals surface area contributed by atoms with Gasteiger partial charge in [-0.1, -0.05) is 71.7 Å². The molecule has 19 heavy (non-hydrogen) atoms. The van der Waals surface area contributed by atoms with Gasteiger partial charge >= 0.3 is 0 Å². The van der Waals surface area contributed by atoms with Gasteiger partial charge in [-0.3, -0.25) is 0 Å². The molecule has 1 rings (SSSR count). The Labute approximate surface area is 119 Å². The number of hydrogen-bond donors (Lipinski definition) is 1. The van der Waals surface area contributed by atoms with Crippen LogP contribution in [0.3, 0.4) is 0 Å². The maximum absolute atomic E-state index is 3.50. The van der Waals surface area contributed by atoms with E-state index in [1.165, 1.54) is 30.4 Å². The van der Waals surface area contributed by atoms with Crippen LogP contribution in [0.4, 0.5) is 0 Å². The van der Waals surface area contributed by atoms with Crippen molar-refractivity contribution in [2.24, 2.45) is 5.92 Å². The lowest BCUT2D eigenvalue weighted by Gasteiger charge is -2.27. The first-order valence-electron chi connectivity index (χ1n) is 7.63. The smallest absolute Gasteiger partial charge is 0.0320 e. The van der Waals surface area contributed by atoms with Crippen molar-refractivity contribution in [3.8, 4) is 0 Å². The summed E-state index contributed by atoms with van der Waals surface area (Å²) in [7, 11) is 2.08. The van der Waals surface area contributed by atoms with E-state index in [0.717, 1.165) is 5.92 Å². The fraction of sp³-hybridized carbons (Fsp3) is 0.667. The molecule has 1 aromatic carbocycles. The third-order valence-corrected chi connectivity index (χ3v) is 3.77. The Bertz CT molecular complexity index is 374. The lowest BCUT2D eigenvalue weighted by Crippen LogP contribution is -2.22. The van der Waals surface area contributed by atoms with Gasteiger partial charge in [-0.2, -0.15) is 0 Å². The van der Waals surface area contributed by atoms with Gasteiger partial charge < -0.3 is 5.32 Å². The van der Waals surface area contributed by atoms with Crippen molar-refractivity contribution in [1.82, 2.24) is 5.32 Å². The highest BCUT2D eigenvalue weighted by Crippen LogP contribution is 2.31. The summed E-state index contributed by atoms with van der Waals surface area (Å²) in [6.45, 7) is 11.5. The SMILES string of the molecule is CNC(CCCC(C)C)c1ccccc1C(C)(C)C. The first-order chi connectivity index (χ1) is 8.86. The molecule has 1 N–H and O–H groups in total. The standard InChI is InChI=1S/C18H31N/c1-14(2)10-9-13-17(19-6)15-11-7-8-12-16(15)18(3,4)5/h7-8,11-12,14,17,19H,9-10,13H2,1-6H3. The molecule has 1 unspecified atom stereocenters. The second-order valence-electron chi connectivity index (χ2n) is 7.00. The van der Waals surface area contributed by atoms with Gasteiger partial charge in [0.25, 0.3) is 0 Å². The monoisotopic (exact) mass is 261 g/mol. The minimum Gasteiger partial charge on any atom is -0.313 e. The molecular weight excluding hydrogens is 230 g/mol. The molecule has 1 atom stereocenters. The molecular formula is C18H31N. The molecule has 0 aliphatic heterocycles. The minimum atomic E-state index is 0.212. The Kier molecular flexibility index (Phi) is 6.06. The Morgan fingerprint density at radius 2 is 1.68 bits per heavy atom. The Morgan fingerprint density at radius 3 is 2.21 bits per heavy atom. The van der Waals surface area contributed by atoms with Crippen LogP contribution in [-0.4, -0.2) is 7.05 Å². The van der Waals surface area contributed by atoms with Gasteiger partial charge in [-0.25, -0.2) is 0 Å². The van der Waals surface area contributed by atoms with E-state index >= 15 is 0 Å². The summed E-state index contributed by atoms with van der Waals surface area (Å²) in [5.74, 6) is 0.801. The highest BCUT2D eigenvalue weighted by Gasteiger charge is 2.21. The summed E-state index contributed by atoms with van der Waals surface area (Å²) < 4.78 is 0. The summed E-state index contributed by atoms with van der Waals surface area (Å²) in [5, 5.41) is 3.50. The average Bonchev–Trinajstić information content (AvgIpc) is 2.33. The van der Waals surface area contributed by atoms with Crippen LogP contribution in [0.15, 0.2) is 24.3 Å². The van der Waals surface area contributed by atoms with Crippen LogP contribution < -0.4 is 5.32 Å². The van der Waals surface area contributed by atoms with Crippen molar-refractivity contribution < 1.29 is 0 Å². The number of hydrogen-bond acceptors (Lipinski definition) is 1. The Morgan fingerprint density at radius 1 is 1.05 bits per heavy atom. The van der Waals surface area contributed by atoms with E-state index in [2.05, 4.69) is 71.2 Å². The van der Waals surface area contributed by atoms with Crippen LogP contribution in [0.25, 0.3) is 0 Å². The van der Waals surface area contributed by atoms with E-state index in [4.69, 9.17) is 0 Å². The zero-order chi connectivity index (χ0) is 14.5. The van der Waals surface area contributed by atoms with Crippen LogP contribution in [0.2, 0.25) is 0 Å². The molecule has 1 heteroatoms. The topological polar surface area (TPSA) is 12.0 Å². The maximum Gasteiger partial charge on any atom is 0.0320 e. The summed E-state index contributed by atoms with van der Waals surface area (Å²) in [6, 6.07) is 9.37. The molecule has 0 heterocycles. The van der Waals surface area contributed by atoms with Crippen LogP contribution in [0.1, 0.15) is 71.0 Å². The summed E-state index contributed by atoms with van der Waals surface area (Å²) >= 11 is 0. The lowest BCUT2D eigenvalue weighted by molar-refractivity contribution is 0.461. The fourth-order valence-corrected chi connectivity index (χ4v) is 2.67. The van der Waals surface area contributed by atoms with Crippen molar-refractivity contribution in [1.29, 1.82) is 0 Å². The number of rotatable bonds is 6. The highest BCUT2D eigenvalue weighted by atomic mass is 14.9. The van der Waals surface area contributed by atoms with Crippen molar-refractivity contribution in [3.63, 3.8) is 0 Å². The first-order valence-corrected chi connectivity index (χ1v) is 7.63. The van der Waals surface area contributed by atoms with Gasteiger partial charge in [0.1, 0.15) is 0 Å². The third-order valence-electron chi connectivity index (χ3n) is 3.77. The van der Waals surface area contributed by atoms with Gasteiger partial charge in [-0.15, -0.1) is 0 Å². The predicted octanol–water partition coefficient (Wildman–Crippen LogP) is 5.07. The van der Waals surface area contributed by atoms with Crippen LogP contribution in [0.5, 0.6) is 0 Å². The van der Waals surface area contributed by atoms with Gasteiger partial charge in [0, 0.05) is 6.04 Å². The first kappa shape index (κ1) is 16.2. The molecule has 0 aliphatic rings. The maximum atomic E-state index is 3.50. The van der Waals surface area contributed by atoms with Gasteiger partial charge in [0.2, 0.25) is 0 Å². The Hall–Kier alpha value is -0.820. The van der Waals surface area contributed by atoms with E-state index in [0.29, 0.717) is 6.04 Å². The predicted molar refractivity (Wildman–Crippen MR) is 85.6 cm³/mol.